The van der Waals surface area contributed by atoms with E-state index in [9.17, 15) is 0 Å². The minimum atomic E-state index is 0.228. The zero-order valence-corrected chi connectivity index (χ0v) is 17.2. The molecule has 4 heteroatoms. The van der Waals surface area contributed by atoms with E-state index in [1.54, 1.807) is 0 Å². The van der Waals surface area contributed by atoms with E-state index in [-0.39, 0.29) is 5.54 Å². The van der Waals surface area contributed by atoms with Crippen LogP contribution in [0.4, 0.5) is 0 Å². The molecular formula is C22H36N2O2. The van der Waals surface area contributed by atoms with Gasteiger partial charge in [0.1, 0.15) is 5.75 Å². The van der Waals surface area contributed by atoms with E-state index in [4.69, 9.17) is 9.47 Å². The van der Waals surface area contributed by atoms with Crippen LogP contribution in [-0.2, 0) is 11.3 Å². The molecule has 1 saturated heterocycles. The maximum atomic E-state index is 5.85. The number of benzene rings is 1. The van der Waals surface area contributed by atoms with Crippen LogP contribution in [0.15, 0.2) is 18.2 Å². The Labute approximate surface area is 159 Å². The van der Waals surface area contributed by atoms with Crippen molar-refractivity contribution >= 4 is 0 Å². The number of likely N-dealkylation sites (tertiary alicyclic amines) is 1. The molecule has 0 aliphatic carbocycles. The first kappa shape index (κ1) is 19.7. The van der Waals surface area contributed by atoms with Crippen LogP contribution in [0.3, 0.4) is 0 Å². The number of hydrogen-bond acceptors (Lipinski definition) is 4. The van der Waals surface area contributed by atoms with Gasteiger partial charge in [-0.2, -0.15) is 0 Å². The molecule has 2 aliphatic heterocycles. The highest BCUT2D eigenvalue weighted by molar-refractivity contribution is 5.44. The topological polar surface area (TPSA) is 33.7 Å². The second-order valence-electron chi connectivity index (χ2n) is 9.39. The normalized spacial score (nSPS) is 19.9. The summed E-state index contributed by atoms with van der Waals surface area (Å²) in [4.78, 5) is 2.69. The van der Waals surface area contributed by atoms with Gasteiger partial charge in [0, 0.05) is 17.6 Å². The molecule has 0 amide bonds. The molecular weight excluding hydrogens is 324 g/mol. The van der Waals surface area contributed by atoms with Gasteiger partial charge >= 0.3 is 0 Å². The molecule has 0 atom stereocenters. The number of nitrogens with one attached hydrogen (secondary N) is 1. The van der Waals surface area contributed by atoms with Crippen LogP contribution in [-0.4, -0.2) is 43.9 Å². The van der Waals surface area contributed by atoms with Crippen molar-refractivity contribution < 1.29 is 9.47 Å². The molecule has 2 heterocycles. The molecule has 0 bridgehead atoms. The number of rotatable bonds is 6. The van der Waals surface area contributed by atoms with Crippen LogP contribution in [0.25, 0.3) is 0 Å². The fourth-order valence-corrected chi connectivity index (χ4v) is 5.09. The maximum absolute atomic E-state index is 5.85. The van der Waals surface area contributed by atoms with Crippen molar-refractivity contribution in [1.82, 2.24) is 10.2 Å². The van der Waals surface area contributed by atoms with Gasteiger partial charge in [-0.15, -0.1) is 0 Å². The summed E-state index contributed by atoms with van der Waals surface area (Å²) in [6.07, 6.45) is 3.61. The molecule has 2 aliphatic rings. The highest BCUT2D eigenvalue weighted by Gasteiger charge is 2.36. The van der Waals surface area contributed by atoms with Gasteiger partial charge in [-0.3, -0.25) is 4.90 Å². The summed E-state index contributed by atoms with van der Waals surface area (Å²) < 4.78 is 11.3. The van der Waals surface area contributed by atoms with Gasteiger partial charge < -0.3 is 14.8 Å². The van der Waals surface area contributed by atoms with Crippen molar-refractivity contribution in [2.45, 2.75) is 65.0 Å². The lowest BCUT2D eigenvalue weighted by atomic mass is 9.77. The summed E-state index contributed by atoms with van der Waals surface area (Å²) in [5, 5.41) is 3.35. The van der Waals surface area contributed by atoms with Gasteiger partial charge in [-0.1, -0.05) is 32.0 Å². The molecule has 3 rings (SSSR count). The monoisotopic (exact) mass is 360 g/mol. The first-order chi connectivity index (χ1) is 12.3. The van der Waals surface area contributed by atoms with Crippen molar-refractivity contribution in [3.8, 4) is 5.75 Å². The Hall–Kier alpha value is -1.10. The smallest absolute Gasteiger partial charge is 0.189 e. The molecule has 4 nitrogen and oxygen atoms in total. The summed E-state index contributed by atoms with van der Waals surface area (Å²) in [6.45, 7) is 14.0. The Morgan fingerprint density at radius 1 is 1.15 bits per heavy atom. The van der Waals surface area contributed by atoms with E-state index < -0.39 is 0 Å². The number of fused-ring (bicyclic) bond motifs is 1. The molecule has 146 valence electrons. The summed E-state index contributed by atoms with van der Waals surface area (Å²) in [7, 11) is 2.05. The molecule has 0 radical (unpaired) electrons. The summed E-state index contributed by atoms with van der Waals surface area (Å²) in [5.74, 6) is 1.69. The molecule has 0 unspecified atom stereocenters. The maximum Gasteiger partial charge on any atom is 0.189 e. The van der Waals surface area contributed by atoms with Crippen molar-refractivity contribution in [1.29, 1.82) is 0 Å². The Morgan fingerprint density at radius 2 is 1.88 bits per heavy atom. The van der Waals surface area contributed by atoms with Crippen LogP contribution in [0.5, 0.6) is 5.75 Å². The van der Waals surface area contributed by atoms with Crippen LogP contribution in [0.1, 0.15) is 64.0 Å². The second-order valence-corrected chi connectivity index (χ2v) is 9.39. The van der Waals surface area contributed by atoms with E-state index in [0.717, 1.165) is 25.4 Å². The minimum absolute atomic E-state index is 0.228. The standard InChI is InChI=1S/C22H36N2O2/c1-21(2,15-23-5)14-22(3,4)24-11-9-17(10-12-24)19-8-6-7-18-13-25-16-26-20(18)19/h6-8,17,23H,9-16H2,1-5H3. The molecule has 1 fully saturated rings. The van der Waals surface area contributed by atoms with E-state index >= 15 is 0 Å². The SMILES string of the molecule is CNCC(C)(C)CC(C)(C)N1CCC(c2cccc3c2OCOC3)CC1. The van der Waals surface area contributed by atoms with Crippen LogP contribution >= 0.6 is 0 Å². The third-order valence-electron chi connectivity index (χ3n) is 6.03. The molecule has 26 heavy (non-hydrogen) atoms. The number of hydrogen-bond donors (Lipinski definition) is 1. The molecule has 1 N–H and O–H groups in total. The third kappa shape index (κ3) is 4.41. The lowest BCUT2D eigenvalue weighted by Gasteiger charge is -2.46. The molecule has 1 aromatic rings. The zero-order chi connectivity index (χ0) is 18.8. The Kier molecular flexibility index (Phi) is 5.95. The zero-order valence-electron chi connectivity index (χ0n) is 17.2. The first-order valence-corrected chi connectivity index (χ1v) is 10.0. The fourth-order valence-electron chi connectivity index (χ4n) is 5.09. The number of para-hydroxylation sites is 1. The predicted molar refractivity (Wildman–Crippen MR) is 107 cm³/mol. The molecule has 0 saturated carbocycles. The average molecular weight is 361 g/mol. The molecule has 0 aromatic heterocycles. The number of nitrogens with zero attached hydrogens (tertiary/aromatic N) is 1. The number of ether oxygens (including phenoxy) is 2. The minimum Gasteiger partial charge on any atom is -0.467 e. The van der Waals surface area contributed by atoms with Crippen molar-refractivity contribution in [3.63, 3.8) is 0 Å². The Bertz CT molecular complexity index is 604. The van der Waals surface area contributed by atoms with E-state index in [1.165, 1.54) is 30.4 Å². The molecule has 0 spiro atoms. The highest BCUT2D eigenvalue weighted by atomic mass is 16.7. The van der Waals surface area contributed by atoms with Crippen LogP contribution < -0.4 is 10.1 Å². The van der Waals surface area contributed by atoms with Gasteiger partial charge in [-0.05, 0) is 70.1 Å². The van der Waals surface area contributed by atoms with Crippen molar-refractivity contribution in [2.24, 2.45) is 5.41 Å². The van der Waals surface area contributed by atoms with Crippen molar-refractivity contribution in [2.75, 3.05) is 33.5 Å². The summed E-state index contributed by atoms with van der Waals surface area (Å²) in [5.41, 5.74) is 3.12. The quantitative estimate of drug-likeness (QED) is 0.826. The van der Waals surface area contributed by atoms with Crippen LogP contribution in [0, 0.1) is 5.41 Å². The average Bonchev–Trinajstić information content (AvgIpc) is 2.60. The van der Waals surface area contributed by atoms with Gasteiger partial charge in [0.05, 0.1) is 6.61 Å². The van der Waals surface area contributed by atoms with E-state index in [1.807, 2.05) is 7.05 Å². The Balaban J connectivity index is 1.64. The van der Waals surface area contributed by atoms with Gasteiger partial charge in [0.15, 0.2) is 6.79 Å². The van der Waals surface area contributed by atoms with E-state index in [2.05, 4.69) is 56.1 Å². The van der Waals surface area contributed by atoms with Crippen LogP contribution in [0.2, 0.25) is 0 Å². The highest BCUT2D eigenvalue weighted by Crippen LogP contribution is 2.40. The van der Waals surface area contributed by atoms with E-state index in [0.29, 0.717) is 24.7 Å². The predicted octanol–water partition coefficient (Wildman–Crippen LogP) is 4.15. The second kappa shape index (κ2) is 7.87. The van der Waals surface area contributed by atoms with Gasteiger partial charge in [-0.25, -0.2) is 0 Å². The Morgan fingerprint density at radius 3 is 2.58 bits per heavy atom. The molecule has 1 aromatic carbocycles. The third-order valence-corrected chi connectivity index (χ3v) is 6.03. The lowest BCUT2D eigenvalue weighted by molar-refractivity contribution is -0.0177. The lowest BCUT2D eigenvalue weighted by Crippen LogP contribution is -2.51. The fraction of sp³-hybridized carbons (Fsp3) is 0.727. The summed E-state index contributed by atoms with van der Waals surface area (Å²) >= 11 is 0. The van der Waals surface area contributed by atoms with Gasteiger partial charge in [0.2, 0.25) is 0 Å². The largest absolute Gasteiger partial charge is 0.467 e. The van der Waals surface area contributed by atoms with Gasteiger partial charge in [0.25, 0.3) is 0 Å². The first-order valence-electron chi connectivity index (χ1n) is 10.0. The number of piperidine rings is 1. The van der Waals surface area contributed by atoms with Crippen molar-refractivity contribution in [3.05, 3.63) is 29.3 Å². The summed E-state index contributed by atoms with van der Waals surface area (Å²) in [6, 6.07) is 6.54.